The topological polar surface area (TPSA) is 26.3 Å². The number of rotatable bonds is 4. The van der Waals surface area contributed by atoms with Crippen LogP contribution in [0.1, 0.15) is 34.2 Å². The number of benzene rings is 1. The molecule has 2 nitrogen and oxygen atoms in total. The van der Waals surface area contributed by atoms with Crippen LogP contribution in [0.4, 0.5) is 0 Å². The second-order valence-corrected chi connectivity index (χ2v) is 4.07. The maximum atomic E-state index is 11.0. The van der Waals surface area contributed by atoms with Gasteiger partial charge in [0.25, 0.3) is 0 Å². The summed E-state index contributed by atoms with van der Waals surface area (Å²) in [7, 11) is 0. The number of esters is 1. The normalized spacial score (nSPS) is 9.75. The van der Waals surface area contributed by atoms with Crippen molar-refractivity contribution in [2.24, 2.45) is 5.92 Å². The minimum Gasteiger partial charge on any atom is -1.00 e. The molecule has 0 spiro atoms. The minimum atomic E-state index is -0.188. The average Bonchev–Trinajstić information content (AvgIpc) is 2.20. The summed E-state index contributed by atoms with van der Waals surface area (Å²) in [5.41, 5.74) is 1.28. The van der Waals surface area contributed by atoms with Crippen LogP contribution >= 0.6 is 0 Å². The SMILES string of the molecule is CCC(=O)Oc1ccc(CC(C)C)cc1.[H-].[Na+]. The molecule has 0 saturated carbocycles. The van der Waals surface area contributed by atoms with Crippen molar-refractivity contribution >= 4 is 5.97 Å². The van der Waals surface area contributed by atoms with Crippen LogP contribution in [0.15, 0.2) is 24.3 Å². The van der Waals surface area contributed by atoms with Crippen LogP contribution in [-0.4, -0.2) is 5.97 Å². The summed E-state index contributed by atoms with van der Waals surface area (Å²) in [6.45, 7) is 6.16. The van der Waals surface area contributed by atoms with Crippen molar-refractivity contribution in [2.75, 3.05) is 0 Å². The Morgan fingerprint density at radius 2 is 1.88 bits per heavy atom. The zero-order valence-corrected chi connectivity index (χ0v) is 12.6. The Balaban J connectivity index is 0. The molecule has 1 rings (SSSR count). The van der Waals surface area contributed by atoms with E-state index >= 15 is 0 Å². The van der Waals surface area contributed by atoms with E-state index in [9.17, 15) is 4.79 Å². The molecule has 0 unspecified atom stereocenters. The van der Waals surface area contributed by atoms with E-state index in [0.29, 0.717) is 18.1 Å². The number of carbonyl (C=O) groups is 1. The molecule has 84 valence electrons. The first-order valence-corrected chi connectivity index (χ1v) is 5.41. The van der Waals surface area contributed by atoms with E-state index in [4.69, 9.17) is 4.74 Å². The molecule has 0 bridgehead atoms. The van der Waals surface area contributed by atoms with Crippen molar-refractivity contribution < 1.29 is 40.5 Å². The summed E-state index contributed by atoms with van der Waals surface area (Å²) in [5, 5.41) is 0. The van der Waals surface area contributed by atoms with Gasteiger partial charge in [0.15, 0.2) is 0 Å². The van der Waals surface area contributed by atoms with E-state index in [1.165, 1.54) is 5.56 Å². The van der Waals surface area contributed by atoms with E-state index in [0.717, 1.165) is 6.42 Å². The Kier molecular flexibility index (Phi) is 7.73. The monoisotopic (exact) mass is 230 g/mol. The Hall–Kier alpha value is -0.310. The van der Waals surface area contributed by atoms with Gasteiger partial charge in [-0.1, -0.05) is 32.9 Å². The summed E-state index contributed by atoms with van der Waals surface area (Å²) in [6, 6.07) is 7.73. The molecular formula is C13H19NaO2. The minimum absolute atomic E-state index is 0. The average molecular weight is 230 g/mol. The van der Waals surface area contributed by atoms with Crippen molar-refractivity contribution in [3.8, 4) is 5.75 Å². The number of hydrogen-bond acceptors (Lipinski definition) is 2. The van der Waals surface area contributed by atoms with Gasteiger partial charge in [-0.2, -0.15) is 0 Å². The van der Waals surface area contributed by atoms with Crippen LogP contribution in [0.3, 0.4) is 0 Å². The van der Waals surface area contributed by atoms with E-state index in [-0.39, 0.29) is 37.0 Å². The van der Waals surface area contributed by atoms with Crippen LogP contribution in [-0.2, 0) is 11.2 Å². The van der Waals surface area contributed by atoms with Crippen LogP contribution in [0.5, 0.6) is 5.75 Å². The second-order valence-electron chi connectivity index (χ2n) is 4.07. The van der Waals surface area contributed by atoms with Gasteiger partial charge in [-0.3, -0.25) is 4.79 Å². The van der Waals surface area contributed by atoms with Gasteiger partial charge in [-0.25, -0.2) is 0 Å². The van der Waals surface area contributed by atoms with Crippen LogP contribution in [0.25, 0.3) is 0 Å². The van der Waals surface area contributed by atoms with Gasteiger partial charge in [-0.05, 0) is 30.0 Å². The number of carbonyl (C=O) groups excluding carboxylic acids is 1. The molecule has 1 aromatic rings. The summed E-state index contributed by atoms with van der Waals surface area (Å²) in [6.07, 6.45) is 1.47. The van der Waals surface area contributed by atoms with E-state index in [1.54, 1.807) is 6.92 Å². The van der Waals surface area contributed by atoms with Gasteiger partial charge in [-0.15, -0.1) is 0 Å². The number of hydrogen-bond donors (Lipinski definition) is 0. The largest absolute Gasteiger partial charge is 1.00 e. The first-order chi connectivity index (χ1) is 7.11. The van der Waals surface area contributed by atoms with E-state index in [1.807, 2.05) is 24.3 Å². The van der Waals surface area contributed by atoms with Crippen LogP contribution in [0, 0.1) is 5.92 Å². The molecule has 0 radical (unpaired) electrons. The van der Waals surface area contributed by atoms with Gasteiger partial charge >= 0.3 is 35.5 Å². The molecule has 1 aromatic carbocycles. The molecule has 0 N–H and O–H groups in total. The Labute approximate surface area is 121 Å². The quantitative estimate of drug-likeness (QED) is 0.423. The summed E-state index contributed by atoms with van der Waals surface area (Å²) >= 11 is 0. The van der Waals surface area contributed by atoms with E-state index < -0.39 is 0 Å². The predicted molar refractivity (Wildman–Crippen MR) is 62.0 cm³/mol. The molecule has 0 aliphatic rings. The van der Waals surface area contributed by atoms with Crippen molar-refractivity contribution in [2.45, 2.75) is 33.6 Å². The molecule has 0 heterocycles. The fourth-order valence-electron chi connectivity index (χ4n) is 1.37. The zero-order chi connectivity index (χ0) is 11.3. The molecule has 0 atom stereocenters. The fraction of sp³-hybridized carbons (Fsp3) is 0.462. The molecule has 0 fully saturated rings. The summed E-state index contributed by atoms with van der Waals surface area (Å²) in [4.78, 5) is 11.0. The molecule has 0 saturated heterocycles. The van der Waals surface area contributed by atoms with Crippen molar-refractivity contribution in [1.29, 1.82) is 0 Å². The first-order valence-electron chi connectivity index (χ1n) is 5.41. The molecular weight excluding hydrogens is 211 g/mol. The maximum absolute atomic E-state index is 11.0. The Morgan fingerprint density at radius 3 is 2.31 bits per heavy atom. The third kappa shape index (κ3) is 5.69. The third-order valence-electron chi connectivity index (χ3n) is 2.09. The first kappa shape index (κ1) is 15.7. The third-order valence-corrected chi connectivity index (χ3v) is 2.09. The standard InChI is InChI=1S/C13H18O2.Na.H/c1-4-13(14)15-12-7-5-11(6-8-12)9-10(2)3;;/h5-8,10H,4,9H2,1-3H3;;/q;+1;-1. The van der Waals surface area contributed by atoms with Crippen molar-refractivity contribution in [3.05, 3.63) is 29.8 Å². The molecule has 16 heavy (non-hydrogen) atoms. The molecule has 0 aliphatic carbocycles. The smallest absolute Gasteiger partial charge is 1.00 e. The summed E-state index contributed by atoms with van der Waals surface area (Å²) in [5.74, 6) is 1.09. The summed E-state index contributed by atoms with van der Waals surface area (Å²) < 4.78 is 5.08. The second kappa shape index (κ2) is 7.88. The van der Waals surface area contributed by atoms with E-state index in [2.05, 4.69) is 13.8 Å². The van der Waals surface area contributed by atoms with Crippen LogP contribution < -0.4 is 34.3 Å². The van der Waals surface area contributed by atoms with Gasteiger partial charge < -0.3 is 6.16 Å². The van der Waals surface area contributed by atoms with Gasteiger partial charge in [0.1, 0.15) is 5.75 Å². The van der Waals surface area contributed by atoms with Crippen molar-refractivity contribution in [3.63, 3.8) is 0 Å². The van der Waals surface area contributed by atoms with Crippen molar-refractivity contribution in [1.82, 2.24) is 0 Å². The van der Waals surface area contributed by atoms with Gasteiger partial charge in [0, 0.05) is 6.42 Å². The Morgan fingerprint density at radius 1 is 1.31 bits per heavy atom. The van der Waals surface area contributed by atoms with Crippen LogP contribution in [0.2, 0.25) is 0 Å². The Bertz CT molecular complexity index is 323. The molecule has 0 aromatic heterocycles. The molecule has 0 amide bonds. The molecule has 0 aliphatic heterocycles. The number of ether oxygens (including phenoxy) is 1. The molecule has 3 heteroatoms. The predicted octanol–water partition coefficient (Wildman–Crippen LogP) is 0.317. The van der Waals surface area contributed by atoms with Gasteiger partial charge in [0.05, 0.1) is 0 Å². The maximum Gasteiger partial charge on any atom is 1.00 e. The zero-order valence-electron chi connectivity index (χ0n) is 11.6. The van der Waals surface area contributed by atoms with Gasteiger partial charge in [0.2, 0.25) is 0 Å². The fourth-order valence-corrected chi connectivity index (χ4v) is 1.37.